The third-order valence-corrected chi connectivity index (χ3v) is 35.4. The molecule has 34 heteroatoms. The summed E-state index contributed by atoms with van der Waals surface area (Å²) in [5, 5.41) is 9.04. The van der Waals surface area contributed by atoms with Crippen LogP contribution in [0.1, 0.15) is 194 Å². The van der Waals surface area contributed by atoms with Crippen LogP contribution < -0.4 is 42.8 Å². The Labute approximate surface area is 809 Å². The fraction of sp³-hybridized carbons (Fsp3) is 0.414. The molecule has 0 radical (unpaired) electrons. The van der Waals surface area contributed by atoms with Gasteiger partial charge in [0, 0.05) is 141 Å². The van der Waals surface area contributed by atoms with Gasteiger partial charge < -0.3 is 42.8 Å². The molecule has 0 atom stereocenters. The lowest BCUT2D eigenvalue weighted by Gasteiger charge is -2.45. The van der Waals surface area contributed by atoms with E-state index < -0.39 is 36.2 Å². The summed E-state index contributed by atoms with van der Waals surface area (Å²) in [5.41, 5.74) is 38.1. The van der Waals surface area contributed by atoms with Gasteiger partial charge in [-0.05, 0) is 272 Å². The molecule has 133 heavy (non-hydrogen) atoms. The minimum Gasteiger partial charge on any atom is -0.445 e. The molecule has 4 amide bonds. The van der Waals surface area contributed by atoms with Gasteiger partial charge in [0.2, 0.25) is 36.0 Å². The van der Waals surface area contributed by atoms with Gasteiger partial charge in [0.25, 0.3) is 11.8 Å². The van der Waals surface area contributed by atoms with Crippen LogP contribution in [0.15, 0.2) is 236 Å². The van der Waals surface area contributed by atoms with E-state index in [-0.39, 0.29) is 97.9 Å². The maximum Gasteiger partial charge on any atom is 0.410 e. The minimum atomic E-state index is -3.65. The summed E-state index contributed by atoms with van der Waals surface area (Å²) in [6, 6.07) is 62.3. The van der Waals surface area contributed by atoms with E-state index in [2.05, 4.69) is 48.6 Å². The molecule has 7 aromatic carbocycles. The number of carbonyl (C=O) groups excluding carboxylic acids is 4. The highest BCUT2D eigenvalue weighted by atomic mass is 35.5. The molecule has 5 saturated carbocycles. The van der Waals surface area contributed by atoms with Crippen LogP contribution >= 0.6 is 69.3 Å². The van der Waals surface area contributed by atoms with Gasteiger partial charge in [0.05, 0.1) is 11.1 Å². The number of nitrogens with one attached hydrogen (secondary N) is 3. The van der Waals surface area contributed by atoms with E-state index in [1.54, 1.807) is 74.0 Å². The third-order valence-electron chi connectivity index (χ3n) is 28.0. The Balaban J connectivity index is 0.000000142. The number of hydrogen-bond donors (Lipinski definition) is 8. The third kappa shape index (κ3) is 24.5. The monoisotopic (exact) mass is 1980 g/mol. The molecule has 2 aliphatic heterocycles. The van der Waals surface area contributed by atoms with E-state index in [1.165, 1.54) is 32.9 Å². The van der Waals surface area contributed by atoms with E-state index in [0.29, 0.717) is 106 Å². The van der Waals surface area contributed by atoms with Crippen LogP contribution in [0.4, 0.5) is 4.79 Å². The number of benzene rings is 7. The molecule has 0 unspecified atom stereocenters. The summed E-state index contributed by atoms with van der Waals surface area (Å²) < 4.78 is 94.2. The van der Waals surface area contributed by atoms with Crippen LogP contribution in [0.3, 0.4) is 0 Å². The Hall–Kier alpha value is -8.54. The number of thiophene rings is 1. The largest absolute Gasteiger partial charge is 0.445 e. The Morgan fingerprint density at radius 2 is 0.842 bits per heavy atom. The molecule has 17 rings (SSSR count). The first kappa shape index (κ1) is 102. The number of aryl methyl sites for hydroxylation is 2. The van der Waals surface area contributed by atoms with E-state index in [9.17, 15) is 44.4 Å². The van der Waals surface area contributed by atoms with Crippen molar-refractivity contribution in [3.05, 3.63) is 299 Å². The fourth-order valence-corrected chi connectivity index (χ4v) is 26.3. The molecular weight excluding hydrogens is 1870 g/mol. The lowest BCUT2D eigenvalue weighted by Crippen LogP contribution is -2.57. The number of piperazine rings is 1. The average Bonchev–Trinajstić information content (AvgIpc) is 1.65. The number of hydrogen-bond acceptors (Lipinski definition) is 20. The first-order valence-electron chi connectivity index (χ1n) is 45.2. The quantitative estimate of drug-likeness (QED) is 0.0276. The number of pyridine rings is 1. The predicted octanol–water partition coefficient (Wildman–Crippen LogP) is 17.2. The number of nitrogens with two attached hydrogens (primary N) is 5. The Morgan fingerprint density at radius 1 is 0.459 bits per heavy atom. The molecule has 0 bridgehead atoms. The Kier molecular flexibility index (Phi) is 34.6. The Morgan fingerprint density at radius 3 is 1.20 bits per heavy atom. The maximum absolute atomic E-state index is 12.9. The number of amides is 4. The van der Waals surface area contributed by atoms with Gasteiger partial charge in [-0.3, -0.25) is 29.2 Å². The highest BCUT2D eigenvalue weighted by molar-refractivity contribution is 7.91. The number of sulfonamides is 3. The lowest BCUT2D eigenvalue weighted by molar-refractivity contribution is -0.139. The van der Waals surface area contributed by atoms with Gasteiger partial charge in [-0.15, -0.1) is 11.3 Å². The van der Waals surface area contributed by atoms with Gasteiger partial charge >= 0.3 is 6.09 Å². The zero-order valence-corrected chi connectivity index (χ0v) is 81.8. The van der Waals surface area contributed by atoms with E-state index in [1.807, 2.05) is 132 Å². The highest BCUT2D eigenvalue weighted by Crippen LogP contribution is 2.47. The second-order valence-electron chi connectivity index (χ2n) is 36.0. The SMILES string of the molecule is Cc1noc(C)c1S(=O)(=O)NC1CCC(CN)(c2cccc(Cl)c2)CC1.NCC1(c2cccc(Cl)c2)CCC(N2C(=O)c3ccccc3C2=O)CC1.NCC1(c2cccc(Cl)c2)CCC(N2CCN(C(=O)OCc3ccccc3)CC2=O)CC1.NCC1(c2cccc(Cl)c2)CCC(NS(=O)(=O)c2cccnc2)CC1.NCC1(c2cccc(Cl)c2)CCC(NS(=O)(=O)c2cccs2)CC1. The van der Waals surface area contributed by atoms with E-state index in [4.69, 9.17) is 95.9 Å². The second-order valence-corrected chi connectivity index (χ2v) is 44.4. The first-order valence-corrected chi connectivity index (χ1v) is 52.4. The van der Waals surface area contributed by atoms with Gasteiger partial charge in [-0.1, -0.05) is 172 Å². The zero-order valence-electron chi connectivity index (χ0n) is 74.7. The molecule has 3 aromatic heterocycles. The van der Waals surface area contributed by atoms with Crippen molar-refractivity contribution in [3.63, 3.8) is 0 Å². The molecule has 13 N–H and O–H groups in total. The molecule has 10 aromatic rings. The van der Waals surface area contributed by atoms with E-state index >= 15 is 0 Å². The van der Waals surface area contributed by atoms with Crippen molar-refractivity contribution < 1.29 is 53.7 Å². The van der Waals surface area contributed by atoms with Gasteiger partial charge in [0.1, 0.15) is 32.8 Å². The number of nitrogens with zero attached hydrogens (tertiary/aromatic N) is 5. The first-order chi connectivity index (χ1) is 63.7. The molecule has 0 spiro atoms. The molecule has 25 nitrogen and oxygen atoms in total. The number of ether oxygens (including phenoxy) is 1. The normalized spacial score (nSPS) is 24.4. The van der Waals surface area contributed by atoms with Gasteiger partial charge in [-0.25, -0.2) is 44.2 Å². The highest BCUT2D eigenvalue weighted by Gasteiger charge is 2.47. The summed E-state index contributed by atoms with van der Waals surface area (Å²) in [6.45, 7) is 7.21. The predicted molar refractivity (Wildman–Crippen MR) is 525 cm³/mol. The van der Waals surface area contributed by atoms with Crippen LogP contribution in [-0.2, 0) is 73.3 Å². The maximum atomic E-state index is 12.9. The fourth-order valence-electron chi connectivity index (χ4n) is 20.1. The Bertz CT molecular complexity index is 5940. The standard InChI is InChI=1S/C25H30ClN3O3.C21H21ClN2O2.C18H24ClN3O3S.C18H22ClN3O2S.C17H21ClN2O2S2/c26-21-8-4-7-20(15-21)25(18-27)11-9-22(10-12-25)29-14-13-28(16-23(29)30)24(31)32-17-19-5-2-1-3-6-19;22-15-5-3-4-14(12-15)21(13-23)10-8-16(9-11-21)24-19(25)17-6-1-2-7-18(17)20(24)26;1-12-17(13(2)25-21-12)26(23,24)22-16-6-8-18(11-20,9-7-16)14-4-3-5-15(19)10-14;19-15-4-1-3-14(11-15)18(13-20)8-6-16(7-9-18)22-25(23,24)17-5-2-10-21-12-17;18-14-4-1-3-13(11-14)17(12-19)8-6-15(7-9-17)20-24(21,22)16-5-2-10-23-16/h1-8,15,22H,9-14,16-18,27H2;1-7,12,16H,8-11,13,23H2;3-5,10,16,22H,6-9,11,20H2,1-2H3;1-5,10-12,16,22H,6-9,13,20H2;1-5,10-11,15,20H,6-9,12,19H2. The number of halogens is 5. The molecule has 5 heterocycles. The van der Waals surface area contributed by atoms with Crippen molar-refractivity contribution in [2.24, 2.45) is 28.7 Å². The van der Waals surface area contributed by atoms with Crippen molar-refractivity contribution in [1.82, 2.24) is 39.0 Å². The van der Waals surface area contributed by atoms with Gasteiger partial charge in [-0.2, -0.15) is 0 Å². The average molecular weight is 1990 g/mol. The number of imide groups is 1. The van der Waals surface area contributed by atoms with Crippen LogP contribution in [0.2, 0.25) is 25.1 Å². The molecule has 5 aliphatic carbocycles. The minimum absolute atomic E-state index is 0.0130. The zero-order chi connectivity index (χ0) is 94.9. The summed E-state index contributed by atoms with van der Waals surface area (Å²) in [7, 11) is -10.6. The van der Waals surface area contributed by atoms with Crippen LogP contribution in [0.5, 0.6) is 0 Å². The summed E-state index contributed by atoms with van der Waals surface area (Å²) in [5.74, 6) is -0.0424. The lowest BCUT2D eigenvalue weighted by atomic mass is 9.68. The topological polar surface area (TPSA) is 395 Å². The summed E-state index contributed by atoms with van der Waals surface area (Å²) >= 11 is 32.0. The summed E-state index contributed by atoms with van der Waals surface area (Å²) in [4.78, 5) is 59.8. The molecule has 6 fully saturated rings. The summed E-state index contributed by atoms with van der Waals surface area (Å²) in [6.07, 6.45) is 18.7. The number of aromatic nitrogens is 2. The smallest absolute Gasteiger partial charge is 0.410 e. The van der Waals surface area contributed by atoms with Crippen LogP contribution in [-0.4, -0.2) is 156 Å². The van der Waals surface area contributed by atoms with Crippen molar-refractivity contribution in [3.8, 4) is 0 Å². The van der Waals surface area contributed by atoms with Gasteiger partial charge in [0.15, 0.2) is 5.76 Å². The van der Waals surface area contributed by atoms with Crippen molar-refractivity contribution in [1.29, 1.82) is 0 Å². The molecular formula is C99H118Cl5N13O12S4. The molecule has 7 aliphatic rings. The molecule has 710 valence electrons. The number of fused-ring (bicyclic) bond motifs is 1. The van der Waals surface area contributed by atoms with Crippen LogP contribution in [0, 0.1) is 13.8 Å². The van der Waals surface area contributed by atoms with E-state index in [0.717, 1.165) is 148 Å². The van der Waals surface area contributed by atoms with Crippen molar-refractivity contribution in [2.75, 3.05) is 52.4 Å². The molecule has 1 saturated heterocycles. The number of carbonyl (C=O) groups is 4. The van der Waals surface area contributed by atoms with Crippen LogP contribution in [0.25, 0.3) is 0 Å². The van der Waals surface area contributed by atoms with Crippen molar-refractivity contribution in [2.45, 2.75) is 220 Å². The van der Waals surface area contributed by atoms with Crippen molar-refractivity contribution >= 4 is 123 Å². The number of rotatable bonds is 23. The second kappa shape index (κ2) is 45.2.